The molecule has 1 saturated heterocycles. The zero-order chi connectivity index (χ0) is 20.0. The van der Waals surface area contributed by atoms with Gasteiger partial charge in [-0.2, -0.15) is 0 Å². The smallest absolute Gasteiger partial charge is 0.410 e. The van der Waals surface area contributed by atoms with Crippen molar-refractivity contribution in [2.24, 2.45) is 5.92 Å². The van der Waals surface area contributed by atoms with Gasteiger partial charge in [0.25, 0.3) is 0 Å². The Morgan fingerprint density at radius 3 is 2.37 bits per heavy atom. The van der Waals surface area contributed by atoms with Gasteiger partial charge < -0.3 is 19.9 Å². The molecule has 1 aromatic rings. The molecule has 1 aromatic heterocycles. The number of carbonyl (C=O) groups is 2. The van der Waals surface area contributed by atoms with Gasteiger partial charge in [0.2, 0.25) is 5.91 Å². The van der Waals surface area contributed by atoms with Crippen molar-refractivity contribution in [1.29, 1.82) is 0 Å². The molecule has 2 heterocycles. The third kappa shape index (κ3) is 7.07. The summed E-state index contributed by atoms with van der Waals surface area (Å²) in [6.45, 7) is 12.5. The van der Waals surface area contributed by atoms with E-state index in [1.165, 1.54) is 0 Å². The fourth-order valence-corrected chi connectivity index (χ4v) is 2.75. The van der Waals surface area contributed by atoms with Gasteiger partial charge in [-0.1, -0.05) is 13.8 Å². The second kappa shape index (κ2) is 9.06. The number of aromatic nitrogens is 1. The lowest BCUT2D eigenvalue weighted by molar-refractivity contribution is -0.116. The van der Waals surface area contributed by atoms with Crippen LogP contribution in [0.4, 0.5) is 16.3 Å². The van der Waals surface area contributed by atoms with E-state index < -0.39 is 5.60 Å². The Bertz CT molecular complexity index is 630. The average molecular weight is 377 g/mol. The fraction of sp³-hybridized carbons (Fsp3) is 0.650. The van der Waals surface area contributed by atoms with Crippen LogP contribution in [-0.2, 0) is 9.53 Å². The number of rotatable bonds is 5. The van der Waals surface area contributed by atoms with Gasteiger partial charge >= 0.3 is 6.09 Å². The normalized spacial score (nSPS) is 15.0. The van der Waals surface area contributed by atoms with E-state index in [-0.39, 0.29) is 12.0 Å². The first-order valence-electron chi connectivity index (χ1n) is 9.63. The third-order valence-corrected chi connectivity index (χ3v) is 4.26. The van der Waals surface area contributed by atoms with Crippen LogP contribution in [0.1, 0.15) is 47.5 Å². The first kappa shape index (κ1) is 21.0. The summed E-state index contributed by atoms with van der Waals surface area (Å²) >= 11 is 0. The van der Waals surface area contributed by atoms with Gasteiger partial charge in [0.15, 0.2) is 0 Å². The molecule has 2 amide bonds. The largest absolute Gasteiger partial charge is 0.444 e. The summed E-state index contributed by atoms with van der Waals surface area (Å²) in [6, 6.07) is 3.77. The molecule has 27 heavy (non-hydrogen) atoms. The molecular weight excluding hydrogens is 344 g/mol. The van der Waals surface area contributed by atoms with E-state index in [0.717, 1.165) is 25.2 Å². The molecule has 7 nitrogen and oxygen atoms in total. The quantitative estimate of drug-likeness (QED) is 0.851. The number of nitrogens with one attached hydrogen (secondary N) is 1. The molecule has 0 aromatic carbocycles. The summed E-state index contributed by atoms with van der Waals surface area (Å²) in [5.41, 5.74) is 0.507. The Morgan fingerprint density at radius 2 is 1.85 bits per heavy atom. The molecule has 1 fully saturated rings. The highest BCUT2D eigenvalue weighted by Crippen LogP contribution is 2.19. The number of carbonyl (C=O) groups excluding carboxylic acids is 2. The lowest BCUT2D eigenvalue weighted by Crippen LogP contribution is -2.50. The van der Waals surface area contributed by atoms with Gasteiger partial charge in [-0.25, -0.2) is 9.78 Å². The van der Waals surface area contributed by atoms with Crippen LogP contribution >= 0.6 is 0 Å². The van der Waals surface area contributed by atoms with Crippen molar-refractivity contribution >= 4 is 23.5 Å². The number of hydrogen-bond donors (Lipinski definition) is 1. The summed E-state index contributed by atoms with van der Waals surface area (Å²) in [5.74, 6) is 1.07. The average Bonchev–Trinajstić information content (AvgIpc) is 2.59. The Labute approximate surface area is 162 Å². The van der Waals surface area contributed by atoms with Crippen molar-refractivity contribution in [2.45, 2.75) is 53.1 Å². The van der Waals surface area contributed by atoms with Crippen LogP contribution in [0.15, 0.2) is 18.3 Å². The Hall–Kier alpha value is -2.31. The van der Waals surface area contributed by atoms with Crippen molar-refractivity contribution in [3.8, 4) is 0 Å². The van der Waals surface area contributed by atoms with Gasteiger partial charge in [-0.05, 0) is 45.2 Å². The van der Waals surface area contributed by atoms with Crippen molar-refractivity contribution in [2.75, 3.05) is 36.4 Å². The SMILES string of the molecule is CC(C)CCC(=O)Nc1ccc(N2CCN(C(=O)OC(C)(C)C)CC2)cn1. The summed E-state index contributed by atoms with van der Waals surface area (Å²) in [7, 11) is 0. The summed E-state index contributed by atoms with van der Waals surface area (Å²) in [4.78, 5) is 32.3. The van der Waals surface area contributed by atoms with E-state index in [4.69, 9.17) is 4.74 Å². The molecule has 0 aliphatic carbocycles. The molecule has 0 spiro atoms. The predicted molar refractivity (Wildman–Crippen MR) is 107 cm³/mol. The lowest BCUT2D eigenvalue weighted by Gasteiger charge is -2.36. The third-order valence-electron chi connectivity index (χ3n) is 4.26. The molecule has 150 valence electrons. The Morgan fingerprint density at radius 1 is 1.19 bits per heavy atom. The maximum atomic E-state index is 12.1. The van der Waals surface area contributed by atoms with Crippen molar-refractivity contribution < 1.29 is 14.3 Å². The number of anilines is 2. The number of hydrogen-bond acceptors (Lipinski definition) is 5. The minimum absolute atomic E-state index is 0.00470. The zero-order valence-electron chi connectivity index (χ0n) is 17.1. The fourth-order valence-electron chi connectivity index (χ4n) is 2.75. The summed E-state index contributed by atoms with van der Waals surface area (Å²) in [5, 5.41) is 2.83. The number of amides is 2. The van der Waals surface area contributed by atoms with E-state index in [1.807, 2.05) is 32.9 Å². The van der Waals surface area contributed by atoms with Crippen molar-refractivity contribution in [1.82, 2.24) is 9.88 Å². The molecule has 1 aliphatic rings. The molecule has 1 N–H and O–H groups in total. The minimum atomic E-state index is -0.479. The van der Waals surface area contributed by atoms with Crippen molar-refractivity contribution in [3.63, 3.8) is 0 Å². The van der Waals surface area contributed by atoms with Gasteiger partial charge in [0.1, 0.15) is 11.4 Å². The summed E-state index contributed by atoms with van der Waals surface area (Å²) < 4.78 is 5.42. The van der Waals surface area contributed by atoms with Crippen LogP contribution in [0.5, 0.6) is 0 Å². The number of pyridine rings is 1. The van der Waals surface area contributed by atoms with Crippen LogP contribution < -0.4 is 10.2 Å². The van der Waals surface area contributed by atoms with Gasteiger partial charge in [0.05, 0.1) is 11.9 Å². The first-order chi connectivity index (χ1) is 12.6. The number of piperazine rings is 1. The van der Waals surface area contributed by atoms with E-state index in [0.29, 0.717) is 31.2 Å². The second-order valence-corrected chi connectivity index (χ2v) is 8.34. The first-order valence-corrected chi connectivity index (χ1v) is 9.63. The lowest BCUT2D eigenvalue weighted by atomic mass is 10.1. The highest BCUT2D eigenvalue weighted by Gasteiger charge is 2.26. The Balaban J connectivity index is 1.83. The topological polar surface area (TPSA) is 74.8 Å². The molecular formula is C20H32N4O3. The number of ether oxygens (including phenoxy) is 1. The van der Waals surface area contributed by atoms with Gasteiger partial charge in [-0.3, -0.25) is 4.79 Å². The second-order valence-electron chi connectivity index (χ2n) is 8.34. The van der Waals surface area contributed by atoms with Crippen LogP contribution in [0.25, 0.3) is 0 Å². The van der Waals surface area contributed by atoms with E-state index in [1.54, 1.807) is 11.1 Å². The number of nitrogens with zero attached hydrogens (tertiary/aromatic N) is 3. The maximum absolute atomic E-state index is 12.1. The highest BCUT2D eigenvalue weighted by molar-refractivity contribution is 5.89. The molecule has 2 rings (SSSR count). The van der Waals surface area contributed by atoms with E-state index in [2.05, 4.69) is 29.0 Å². The summed E-state index contributed by atoms with van der Waals surface area (Å²) in [6.07, 6.45) is 2.88. The molecule has 0 bridgehead atoms. The maximum Gasteiger partial charge on any atom is 0.410 e. The minimum Gasteiger partial charge on any atom is -0.444 e. The molecule has 0 radical (unpaired) electrons. The molecule has 1 aliphatic heterocycles. The Kier molecular flexibility index (Phi) is 7.05. The molecule has 0 atom stereocenters. The van der Waals surface area contributed by atoms with Crippen molar-refractivity contribution in [3.05, 3.63) is 18.3 Å². The highest BCUT2D eigenvalue weighted by atomic mass is 16.6. The van der Waals surface area contributed by atoms with Crippen LogP contribution in [-0.4, -0.2) is 53.7 Å². The molecule has 7 heteroatoms. The van der Waals surface area contributed by atoms with Crippen LogP contribution in [0.2, 0.25) is 0 Å². The molecule has 0 saturated carbocycles. The van der Waals surface area contributed by atoms with E-state index in [9.17, 15) is 9.59 Å². The van der Waals surface area contributed by atoms with Gasteiger partial charge in [0, 0.05) is 32.6 Å². The van der Waals surface area contributed by atoms with Gasteiger partial charge in [-0.15, -0.1) is 0 Å². The standard InChI is InChI=1S/C20H32N4O3/c1-15(2)6-9-18(25)22-17-8-7-16(14-21-17)23-10-12-24(13-11-23)19(26)27-20(3,4)5/h7-8,14-15H,6,9-13H2,1-5H3,(H,21,22,25). The van der Waals surface area contributed by atoms with E-state index >= 15 is 0 Å². The molecule has 0 unspecified atom stereocenters. The predicted octanol–water partition coefficient (Wildman–Crippen LogP) is 3.51. The van der Waals surface area contributed by atoms with Crippen LogP contribution in [0, 0.1) is 5.92 Å². The van der Waals surface area contributed by atoms with Crippen LogP contribution in [0.3, 0.4) is 0 Å². The monoisotopic (exact) mass is 376 g/mol. The zero-order valence-corrected chi connectivity index (χ0v) is 17.1.